The molecule has 1 N–H and O–H groups in total. The molecule has 3 nitrogen and oxygen atoms in total. The van der Waals surface area contributed by atoms with Gasteiger partial charge in [0.2, 0.25) is 0 Å². The third-order valence-electron chi connectivity index (χ3n) is 1.69. The summed E-state index contributed by atoms with van der Waals surface area (Å²) in [5.74, 6) is -1.20. The van der Waals surface area contributed by atoms with Crippen molar-refractivity contribution in [2.75, 3.05) is 6.61 Å². The highest BCUT2D eigenvalue weighted by Gasteiger charge is 2.04. The van der Waals surface area contributed by atoms with E-state index in [1.807, 2.05) is 0 Å². The van der Waals surface area contributed by atoms with Crippen LogP contribution < -0.4 is 4.74 Å². The highest BCUT2D eigenvalue weighted by molar-refractivity contribution is 9.10. The van der Waals surface area contributed by atoms with E-state index in [0.717, 1.165) is 4.47 Å². The molecule has 82 valence electrons. The van der Waals surface area contributed by atoms with E-state index in [-0.39, 0.29) is 18.8 Å². The molecule has 0 amide bonds. The van der Waals surface area contributed by atoms with E-state index in [9.17, 15) is 9.18 Å². The third kappa shape index (κ3) is 4.29. The van der Waals surface area contributed by atoms with Crippen LogP contribution in [0.15, 0.2) is 22.7 Å². The Bertz CT molecular complexity index is 355. The maximum atomic E-state index is 13.1. The van der Waals surface area contributed by atoms with Crippen molar-refractivity contribution in [3.8, 4) is 5.75 Å². The molecule has 0 atom stereocenters. The number of halogens is 2. The van der Waals surface area contributed by atoms with E-state index in [2.05, 4.69) is 15.9 Å². The average Bonchev–Trinajstić information content (AvgIpc) is 2.17. The smallest absolute Gasteiger partial charge is 0.303 e. The number of carboxylic acid groups (broad SMARTS) is 1. The lowest BCUT2D eigenvalue weighted by atomic mass is 10.3. The summed E-state index contributed by atoms with van der Waals surface area (Å²) in [6.45, 7) is 0.194. The second kappa shape index (κ2) is 5.70. The molecule has 0 fully saturated rings. The molecule has 0 aliphatic rings. The van der Waals surface area contributed by atoms with Crippen molar-refractivity contribution in [2.45, 2.75) is 12.8 Å². The van der Waals surface area contributed by atoms with Crippen LogP contribution in [0.1, 0.15) is 12.8 Å². The van der Waals surface area contributed by atoms with Gasteiger partial charge in [0, 0.05) is 10.9 Å². The van der Waals surface area contributed by atoms with Gasteiger partial charge in [0.15, 0.2) is 11.6 Å². The molecule has 0 aliphatic heterocycles. The van der Waals surface area contributed by atoms with E-state index in [4.69, 9.17) is 9.84 Å². The normalized spacial score (nSPS) is 10.0. The van der Waals surface area contributed by atoms with Gasteiger partial charge in [0.1, 0.15) is 0 Å². The molecule has 0 saturated heterocycles. The number of hydrogen-bond acceptors (Lipinski definition) is 2. The van der Waals surface area contributed by atoms with Crippen molar-refractivity contribution in [3.05, 3.63) is 28.5 Å². The zero-order valence-corrected chi connectivity index (χ0v) is 9.46. The van der Waals surface area contributed by atoms with Gasteiger partial charge in [0.05, 0.1) is 6.61 Å². The molecule has 1 aromatic rings. The van der Waals surface area contributed by atoms with Crippen molar-refractivity contribution in [2.24, 2.45) is 0 Å². The van der Waals surface area contributed by atoms with Crippen LogP contribution in [0.2, 0.25) is 0 Å². The summed E-state index contributed by atoms with van der Waals surface area (Å²) in [6.07, 6.45) is 0.386. The minimum Gasteiger partial charge on any atom is -0.490 e. The minimum absolute atomic E-state index is 0.0234. The number of carboxylic acids is 1. The Morgan fingerprint density at radius 1 is 1.53 bits per heavy atom. The van der Waals surface area contributed by atoms with Crippen LogP contribution in [0.4, 0.5) is 4.39 Å². The Labute approximate surface area is 95.0 Å². The second-order valence-electron chi connectivity index (χ2n) is 2.92. The number of benzene rings is 1. The van der Waals surface area contributed by atoms with Crippen molar-refractivity contribution in [1.29, 1.82) is 0 Å². The predicted molar refractivity (Wildman–Crippen MR) is 56.5 cm³/mol. The van der Waals surface area contributed by atoms with Crippen LogP contribution >= 0.6 is 15.9 Å². The summed E-state index contributed by atoms with van der Waals surface area (Å²) in [7, 11) is 0. The Balaban J connectivity index is 2.43. The van der Waals surface area contributed by atoms with Gasteiger partial charge >= 0.3 is 5.97 Å². The van der Waals surface area contributed by atoms with Gasteiger partial charge in [-0.05, 0) is 24.6 Å². The topological polar surface area (TPSA) is 46.5 Å². The third-order valence-corrected chi connectivity index (χ3v) is 2.18. The molecule has 1 rings (SSSR count). The SMILES string of the molecule is O=C(O)CCCOc1cc(Br)ccc1F. The summed E-state index contributed by atoms with van der Waals surface area (Å²) in [4.78, 5) is 10.2. The summed E-state index contributed by atoms with van der Waals surface area (Å²) >= 11 is 3.19. The number of aliphatic carboxylic acids is 1. The zero-order chi connectivity index (χ0) is 11.3. The zero-order valence-electron chi connectivity index (χ0n) is 7.87. The Morgan fingerprint density at radius 2 is 2.27 bits per heavy atom. The monoisotopic (exact) mass is 276 g/mol. The van der Waals surface area contributed by atoms with Crippen molar-refractivity contribution in [3.63, 3.8) is 0 Å². The highest BCUT2D eigenvalue weighted by atomic mass is 79.9. The number of hydrogen-bond donors (Lipinski definition) is 1. The second-order valence-corrected chi connectivity index (χ2v) is 3.84. The number of ether oxygens (including phenoxy) is 1. The fourth-order valence-electron chi connectivity index (χ4n) is 0.993. The molecule has 0 saturated carbocycles. The lowest BCUT2D eigenvalue weighted by molar-refractivity contribution is -0.137. The molecule has 0 aliphatic carbocycles. The molecular weight excluding hydrogens is 267 g/mol. The van der Waals surface area contributed by atoms with Crippen LogP contribution in [0.25, 0.3) is 0 Å². The van der Waals surface area contributed by atoms with E-state index in [1.165, 1.54) is 12.1 Å². The van der Waals surface area contributed by atoms with Gasteiger partial charge in [-0.3, -0.25) is 4.79 Å². The first kappa shape index (κ1) is 12.0. The van der Waals surface area contributed by atoms with Gasteiger partial charge in [-0.25, -0.2) is 4.39 Å². The summed E-state index contributed by atoms with van der Waals surface area (Å²) in [6, 6.07) is 4.37. The largest absolute Gasteiger partial charge is 0.490 e. The highest BCUT2D eigenvalue weighted by Crippen LogP contribution is 2.22. The summed E-state index contributed by atoms with van der Waals surface area (Å²) in [5, 5.41) is 8.37. The van der Waals surface area contributed by atoms with E-state index >= 15 is 0 Å². The molecule has 0 spiro atoms. The standard InChI is InChI=1S/C10H10BrFO3/c11-7-3-4-8(12)9(6-7)15-5-1-2-10(13)14/h3-4,6H,1-2,5H2,(H,13,14). The Kier molecular flexibility index (Phi) is 4.55. The molecule has 5 heteroatoms. The van der Waals surface area contributed by atoms with Gasteiger partial charge in [0.25, 0.3) is 0 Å². The minimum atomic E-state index is -0.881. The van der Waals surface area contributed by atoms with Crippen molar-refractivity contribution < 1.29 is 19.0 Å². The van der Waals surface area contributed by atoms with Gasteiger partial charge < -0.3 is 9.84 Å². The van der Waals surface area contributed by atoms with E-state index in [1.54, 1.807) is 6.07 Å². The first-order valence-corrected chi connectivity index (χ1v) is 5.18. The predicted octanol–water partition coefficient (Wildman–Crippen LogP) is 2.83. The quantitative estimate of drug-likeness (QED) is 0.842. The summed E-state index contributed by atoms with van der Waals surface area (Å²) < 4.78 is 18.9. The molecular formula is C10H10BrFO3. The average molecular weight is 277 g/mol. The Hall–Kier alpha value is -1.10. The molecule has 0 heterocycles. The van der Waals surface area contributed by atoms with Gasteiger partial charge in [-0.2, -0.15) is 0 Å². The maximum Gasteiger partial charge on any atom is 0.303 e. The molecule has 1 aromatic carbocycles. The summed E-state index contributed by atoms with van der Waals surface area (Å²) in [5.41, 5.74) is 0. The Morgan fingerprint density at radius 3 is 2.93 bits per heavy atom. The molecule has 15 heavy (non-hydrogen) atoms. The fourth-order valence-corrected chi connectivity index (χ4v) is 1.33. The van der Waals surface area contributed by atoms with Crippen LogP contribution in [-0.4, -0.2) is 17.7 Å². The van der Waals surface area contributed by atoms with Crippen molar-refractivity contribution in [1.82, 2.24) is 0 Å². The lowest BCUT2D eigenvalue weighted by Gasteiger charge is -2.06. The maximum absolute atomic E-state index is 13.1. The van der Waals surface area contributed by atoms with Crippen molar-refractivity contribution >= 4 is 21.9 Å². The molecule has 0 unspecified atom stereocenters. The number of carbonyl (C=O) groups is 1. The molecule has 0 bridgehead atoms. The van der Waals surface area contributed by atoms with Crippen LogP contribution in [0, 0.1) is 5.82 Å². The fraction of sp³-hybridized carbons (Fsp3) is 0.300. The first-order chi connectivity index (χ1) is 7.09. The lowest BCUT2D eigenvalue weighted by Crippen LogP contribution is -2.03. The molecule has 0 aromatic heterocycles. The van der Waals surface area contributed by atoms with Crippen LogP contribution in [0.3, 0.4) is 0 Å². The first-order valence-electron chi connectivity index (χ1n) is 4.39. The van der Waals surface area contributed by atoms with Gasteiger partial charge in [-0.15, -0.1) is 0 Å². The van der Waals surface area contributed by atoms with Crippen LogP contribution in [0.5, 0.6) is 5.75 Å². The van der Waals surface area contributed by atoms with E-state index in [0.29, 0.717) is 6.42 Å². The molecule has 0 radical (unpaired) electrons. The van der Waals surface area contributed by atoms with Crippen LogP contribution in [-0.2, 0) is 4.79 Å². The van der Waals surface area contributed by atoms with E-state index < -0.39 is 11.8 Å². The van der Waals surface area contributed by atoms with Gasteiger partial charge in [-0.1, -0.05) is 15.9 Å². The number of rotatable bonds is 5.